The van der Waals surface area contributed by atoms with E-state index in [9.17, 15) is 9.59 Å². The van der Waals surface area contributed by atoms with Gasteiger partial charge in [-0.25, -0.2) is 4.79 Å². The van der Waals surface area contributed by atoms with Gasteiger partial charge in [0.2, 0.25) is 0 Å². The van der Waals surface area contributed by atoms with Crippen molar-refractivity contribution in [2.24, 2.45) is 0 Å². The van der Waals surface area contributed by atoms with Gasteiger partial charge in [-0.3, -0.25) is 4.79 Å². The summed E-state index contributed by atoms with van der Waals surface area (Å²) in [5, 5.41) is 4.52. The quantitative estimate of drug-likeness (QED) is 0.661. The molecule has 0 spiro atoms. The summed E-state index contributed by atoms with van der Waals surface area (Å²) in [7, 11) is 0. The summed E-state index contributed by atoms with van der Waals surface area (Å²) >= 11 is 1.35. The van der Waals surface area contributed by atoms with Gasteiger partial charge >= 0.3 is 6.09 Å². The fraction of sp³-hybridized carbons (Fsp3) is 0.100. The molecule has 25 heavy (non-hydrogen) atoms. The highest BCUT2D eigenvalue weighted by molar-refractivity contribution is 7.12. The van der Waals surface area contributed by atoms with Gasteiger partial charge in [0.1, 0.15) is 12.6 Å². The van der Waals surface area contributed by atoms with E-state index in [1.54, 1.807) is 6.07 Å². The van der Waals surface area contributed by atoms with E-state index in [0.717, 1.165) is 11.1 Å². The number of rotatable bonds is 6. The first-order valence-corrected chi connectivity index (χ1v) is 8.72. The van der Waals surface area contributed by atoms with E-state index in [1.807, 2.05) is 72.1 Å². The topological polar surface area (TPSA) is 55.4 Å². The largest absolute Gasteiger partial charge is 0.445 e. The molecule has 0 saturated carbocycles. The SMILES string of the molecule is O=C(NC(C(=O)c1cccs1)c1ccccc1)OCc1ccccc1. The molecule has 0 aliphatic carbocycles. The smallest absolute Gasteiger partial charge is 0.408 e. The number of nitrogens with one attached hydrogen (secondary N) is 1. The van der Waals surface area contributed by atoms with Crippen molar-refractivity contribution in [3.63, 3.8) is 0 Å². The normalized spacial score (nSPS) is 11.5. The molecule has 1 amide bonds. The molecule has 1 N–H and O–H groups in total. The van der Waals surface area contributed by atoms with Crippen LogP contribution in [0.25, 0.3) is 0 Å². The fourth-order valence-electron chi connectivity index (χ4n) is 2.39. The first kappa shape index (κ1) is 16.9. The van der Waals surface area contributed by atoms with Gasteiger partial charge in [0.05, 0.1) is 4.88 Å². The second-order valence-corrected chi connectivity index (χ2v) is 6.34. The van der Waals surface area contributed by atoms with Crippen LogP contribution in [0.5, 0.6) is 0 Å². The highest BCUT2D eigenvalue weighted by Gasteiger charge is 2.25. The molecule has 1 unspecified atom stereocenters. The molecule has 1 heterocycles. The van der Waals surface area contributed by atoms with E-state index in [1.165, 1.54) is 11.3 Å². The Balaban J connectivity index is 1.71. The molecule has 0 bridgehead atoms. The molecule has 2 aromatic carbocycles. The number of Topliss-reactive ketones (excluding diaryl/α,β-unsaturated/α-hetero) is 1. The zero-order chi connectivity index (χ0) is 17.5. The molecule has 0 saturated heterocycles. The molecule has 1 atom stereocenters. The second kappa shape index (κ2) is 8.26. The van der Waals surface area contributed by atoms with E-state index in [2.05, 4.69) is 5.32 Å². The molecule has 5 heteroatoms. The average Bonchev–Trinajstić information content (AvgIpc) is 3.20. The minimum Gasteiger partial charge on any atom is -0.445 e. The molecule has 0 aliphatic rings. The number of carbonyl (C=O) groups is 2. The summed E-state index contributed by atoms with van der Waals surface area (Å²) in [6.45, 7) is 0.154. The van der Waals surface area contributed by atoms with Crippen molar-refractivity contribution in [1.29, 1.82) is 0 Å². The lowest BCUT2D eigenvalue weighted by Gasteiger charge is -2.17. The Morgan fingerprint density at radius 1 is 0.920 bits per heavy atom. The van der Waals surface area contributed by atoms with Crippen molar-refractivity contribution in [2.75, 3.05) is 0 Å². The predicted octanol–water partition coefficient (Wildman–Crippen LogP) is 4.60. The Morgan fingerprint density at radius 2 is 1.60 bits per heavy atom. The summed E-state index contributed by atoms with van der Waals surface area (Å²) in [6, 6.07) is 21.4. The summed E-state index contributed by atoms with van der Waals surface area (Å²) in [5.74, 6) is -0.155. The van der Waals surface area contributed by atoms with Crippen molar-refractivity contribution in [3.05, 3.63) is 94.2 Å². The van der Waals surface area contributed by atoms with Crippen molar-refractivity contribution in [3.8, 4) is 0 Å². The Bertz CT molecular complexity index is 817. The molecule has 3 aromatic rings. The maximum absolute atomic E-state index is 12.8. The standard InChI is InChI=1S/C20H17NO3S/c22-19(17-12-7-13-25-17)18(16-10-5-2-6-11-16)21-20(23)24-14-15-8-3-1-4-9-15/h1-13,18H,14H2,(H,21,23). The molecule has 0 aliphatic heterocycles. The van der Waals surface area contributed by atoms with Crippen LogP contribution in [0.3, 0.4) is 0 Å². The van der Waals surface area contributed by atoms with E-state index in [4.69, 9.17) is 4.74 Å². The van der Waals surface area contributed by atoms with Gasteiger partial charge in [-0.15, -0.1) is 11.3 Å². The van der Waals surface area contributed by atoms with Crippen LogP contribution in [-0.2, 0) is 11.3 Å². The Morgan fingerprint density at radius 3 is 2.24 bits per heavy atom. The fourth-order valence-corrected chi connectivity index (χ4v) is 3.08. The molecule has 4 nitrogen and oxygen atoms in total. The van der Waals surface area contributed by atoms with Crippen LogP contribution in [0.1, 0.15) is 26.8 Å². The number of carbonyl (C=O) groups excluding carboxylic acids is 2. The van der Waals surface area contributed by atoms with Gasteiger partial charge in [0.15, 0.2) is 5.78 Å². The van der Waals surface area contributed by atoms with Crippen molar-refractivity contribution in [1.82, 2.24) is 5.32 Å². The average molecular weight is 351 g/mol. The van der Waals surface area contributed by atoms with Gasteiger partial charge < -0.3 is 10.1 Å². The van der Waals surface area contributed by atoms with Gasteiger partial charge in [-0.1, -0.05) is 66.7 Å². The first-order chi connectivity index (χ1) is 12.2. The van der Waals surface area contributed by atoms with Crippen molar-refractivity contribution in [2.45, 2.75) is 12.6 Å². The molecule has 0 radical (unpaired) electrons. The minimum atomic E-state index is -0.775. The molecule has 3 rings (SSSR count). The maximum atomic E-state index is 12.8. The summed E-state index contributed by atoms with van der Waals surface area (Å²) < 4.78 is 5.25. The van der Waals surface area contributed by atoms with Crippen LogP contribution < -0.4 is 5.32 Å². The van der Waals surface area contributed by atoms with Crippen LogP contribution in [0.2, 0.25) is 0 Å². The zero-order valence-corrected chi connectivity index (χ0v) is 14.2. The van der Waals surface area contributed by atoms with Crippen LogP contribution in [0.15, 0.2) is 78.2 Å². The lowest BCUT2D eigenvalue weighted by molar-refractivity contribution is 0.0920. The molecular formula is C20H17NO3S. The lowest BCUT2D eigenvalue weighted by atomic mass is 10.0. The Labute approximate surface area is 150 Å². The molecule has 126 valence electrons. The summed E-state index contributed by atoms with van der Waals surface area (Å²) in [4.78, 5) is 25.5. The lowest BCUT2D eigenvalue weighted by Crippen LogP contribution is -2.34. The highest BCUT2D eigenvalue weighted by Crippen LogP contribution is 2.21. The Hall–Kier alpha value is -2.92. The maximum Gasteiger partial charge on any atom is 0.408 e. The second-order valence-electron chi connectivity index (χ2n) is 5.39. The number of benzene rings is 2. The number of ketones is 1. The van der Waals surface area contributed by atoms with E-state index >= 15 is 0 Å². The zero-order valence-electron chi connectivity index (χ0n) is 13.4. The Kier molecular flexibility index (Phi) is 5.59. The van der Waals surface area contributed by atoms with Crippen LogP contribution in [-0.4, -0.2) is 11.9 Å². The van der Waals surface area contributed by atoms with Crippen LogP contribution in [0.4, 0.5) is 4.79 Å². The number of ether oxygens (including phenoxy) is 1. The number of hydrogen-bond acceptors (Lipinski definition) is 4. The third kappa shape index (κ3) is 4.55. The monoisotopic (exact) mass is 351 g/mol. The number of hydrogen-bond donors (Lipinski definition) is 1. The first-order valence-electron chi connectivity index (χ1n) is 7.84. The number of thiophene rings is 1. The third-order valence-corrected chi connectivity index (χ3v) is 4.52. The van der Waals surface area contributed by atoms with Gasteiger partial charge in [-0.2, -0.15) is 0 Å². The molecule has 1 aromatic heterocycles. The van der Waals surface area contributed by atoms with Crippen LogP contribution in [0, 0.1) is 0 Å². The van der Waals surface area contributed by atoms with Gasteiger partial charge in [0, 0.05) is 0 Å². The summed E-state index contributed by atoms with van der Waals surface area (Å²) in [6.07, 6.45) is -0.623. The van der Waals surface area contributed by atoms with Crippen molar-refractivity contribution >= 4 is 23.2 Å². The van der Waals surface area contributed by atoms with Gasteiger partial charge in [-0.05, 0) is 22.6 Å². The minimum absolute atomic E-state index is 0.154. The van der Waals surface area contributed by atoms with Crippen LogP contribution >= 0.6 is 11.3 Å². The van der Waals surface area contributed by atoms with E-state index in [-0.39, 0.29) is 12.4 Å². The van der Waals surface area contributed by atoms with Gasteiger partial charge in [0.25, 0.3) is 0 Å². The molecule has 0 fully saturated rings. The third-order valence-electron chi connectivity index (χ3n) is 3.63. The highest BCUT2D eigenvalue weighted by atomic mass is 32.1. The van der Waals surface area contributed by atoms with E-state index < -0.39 is 12.1 Å². The van der Waals surface area contributed by atoms with Crippen molar-refractivity contribution < 1.29 is 14.3 Å². The number of amides is 1. The number of alkyl carbamates (subject to hydrolysis) is 1. The van der Waals surface area contributed by atoms with E-state index in [0.29, 0.717) is 4.88 Å². The predicted molar refractivity (Wildman–Crippen MR) is 97.6 cm³/mol. The summed E-state index contributed by atoms with van der Waals surface area (Å²) in [5.41, 5.74) is 1.61. The molecular weight excluding hydrogens is 334 g/mol.